The molecule has 1 aromatic heterocycles. The first-order valence-electron chi connectivity index (χ1n) is 11.7. The fraction of sp³-hybridized carbons (Fsp3) is 0.462. The summed E-state index contributed by atoms with van der Waals surface area (Å²) in [6.45, 7) is 1.92. The number of ether oxygens (including phenoxy) is 3. The first kappa shape index (κ1) is 18.4. The molecule has 0 amide bonds. The van der Waals surface area contributed by atoms with Crippen molar-refractivity contribution in [3.8, 4) is 0 Å². The Hall–Kier alpha value is -2.18. The van der Waals surface area contributed by atoms with Gasteiger partial charge in [-0.15, -0.1) is 0 Å². The van der Waals surface area contributed by atoms with Crippen molar-refractivity contribution in [2.75, 3.05) is 6.54 Å². The average Bonchev–Trinajstić information content (AvgIpc) is 3.14. The van der Waals surface area contributed by atoms with Crippen molar-refractivity contribution < 1.29 is 14.2 Å². The van der Waals surface area contributed by atoms with Crippen LogP contribution in [0.4, 0.5) is 0 Å². The fourth-order valence-electron chi connectivity index (χ4n) is 6.29. The number of fused-ring (bicyclic) bond motifs is 3. The maximum absolute atomic E-state index is 6.42. The van der Waals surface area contributed by atoms with Gasteiger partial charge in [-0.1, -0.05) is 48.5 Å². The lowest BCUT2D eigenvalue weighted by molar-refractivity contribution is -0.497. The second-order valence-electron chi connectivity index (χ2n) is 9.60. The van der Waals surface area contributed by atoms with Gasteiger partial charge in [0.2, 0.25) is 0 Å². The number of aromatic nitrogens is 1. The first-order chi connectivity index (χ1) is 15.2. The molecule has 1 saturated carbocycles. The van der Waals surface area contributed by atoms with E-state index in [0.29, 0.717) is 6.42 Å². The van der Waals surface area contributed by atoms with Gasteiger partial charge in [-0.3, -0.25) is 4.90 Å². The molecule has 0 spiro atoms. The third-order valence-electron chi connectivity index (χ3n) is 7.56. The summed E-state index contributed by atoms with van der Waals surface area (Å²) < 4.78 is 19.2. The SMILES string of the molecule is c1ccc(CN2CCc3c([nH]c4ccccc34)C2CC23OC4CC(CC(C4)O2)O3)cc1. The minimum absolute atomic E-state index is 0.160. The molecule has 8 rings (SSSR count). The van der Waals surface area contributed by atoms with Gasteiger partial charge >= 0.3 is 0 Å². The third kappa shape index (κ3) is 3.06. The van der Waals surface area contributed by atoms with Gasteiger partial charge in [-0.05, 0) is 23.6 Å². The zero-order chi connectivity index (χ0) is 20.4. The molecule has 160 valence electrons. The van der Waals surface area contributed by atoms with Gasteiger partial charge < -0.3 is 19.2 Å². The number of rotatable bonds is 4. The fourth-order valence-corrected chi connectivity index (χ4v) is 6.29. The van der Waals surface area contributed by atoms with E-state index in [1.807, 2.05) is 0 Å². The van der Waals surface area contributed by atoms with Gasteiger partial charge in [0.1, 0.15) is 0 Å². The highest BCUT2D eigenvalue weighted by Crippen LogP contribution is 2.50. The summed E-state index contributed by atoms with van der Waals surface area (Å²) in [7, 11) is 0. The molecule has 4 fully saturated rings. The Morgan fingerprint density at radius 1 is 0.871 bits per heavy atom. The van der Waals surface area contributed by atoms with Gasteiger partial charge in [0.15, 0.2) is 0 Å². The summed E-state index contributed by atoms with van der Waals surface area (Å²) in [5, 5.41) is 1.34. The molecule has 4 bridgehead atoms. The molecule has 31 heavy (non-hydrogen) atoms. The molecule has 1 N–H and O–H groups in total. The molecular weight excluding hydrogens is 388 g/mol. The van der Waals surface area contributed by atoms with Crippen molar-refractivity contribution in [3.63, 3.8) is 0 Å². The van der Waals surface area contributed by atoms with Crippen LogP contribution in [0.25, 0.3) is 10.9 Å². The summed E-state index contributed by atoms with van der Waals surface area (Å²) in [6.07, 6.45) is 5.61. The highest BCUT2D eigenvalue weighted by Gasteiger charge is 2.56. The Labute approximate surface area is 182 Å². The van der Waals surface area contributed by atoms with E-state index in [1.165, 1.54) is 27.7 Å². The molecule has 5 aliphatic rings. The van der Waals surface area contributed by atoms with Crippen molar-refractivity contribution in [2.45, 2.75) is 69.0 Å². The number of benzene rings is 2. The monoisotopic (exact) mass is 416 g/mol. The van der Waals surface area contributed by atoms with Crippen molar-refractivity contribution in [2.24, 2.45) is 0 Å². The molecule has 5 heteroatoms. The molecule has 3 aromatic rings. The highest BCUT2D eigenvalue weighted by molar-refractivity contribution is 5.85. The van der Waals surface area contributed by atoms with Crippen LogP contribution in [0.5, 0.6) is 0 Å². The lowest BCUT2D eigenvalue weighted by Crippen LogP contribution is -2.63. The predicted octanol–water partition coefficient (Wildman–Crippen LogP) is 4.68. The highest BCUT2D eigenvalue weighted by atomic mass is 16.9. The van der Waals surface area contributed by atoms with E-state index in [-0.39, 0.29) is 24.4 Å². The van der Waals surface area contributed by atoms with Crippen LogP contribution in [0.3, 0.4) is 0 Å². The summed E-state index contributed by atoms with van der Waals surface area (Å²) in [5.74, 6) is -0.903. The molecule has 2 aromatic carbocycles. The smallest absolute Gasteiger partial charge is 0.285 e. The number of nitrogens with one attached hydrogen (secondary N) is 1. The van der Waals surface area contributed by atoms with Crippen molar-refractivity contribution in [3.05, 3.63) is 71.4 Å². The Bertz CT molecular complexity index is 1070. The van der Waals surface area contributed by atoms with Crippen LogP contribution in [-0.4, -0.2) is 40.7 Å². The Kier molecular flexibility index (Phi) is 4.10. The summed E-state index contributed by atoms with van der Waals surface area (Å²) in [5.41, 5.74) is 5.29. The minimum atomic E-state index is -0.903. The Balaban J connectivity index is 1.28. The number of H-pyrrole nitrogens is 1. The lowest BCUT2D eigenvalue weighted by Gasteiger charge is -2.56. The molecule has 3 saturated heterocycles. The van der Waals surface area contributed by atoms with Crippen LogP contribution in [0, 0.1) is 0 Å². The Morgan fingerprint density at radius 3 is 2.29 bits per heavy atom. The zero-order valence-electron chi connectivity index (χ0n) is 17.6. The van der Waals surface area contributed by atoms with Gasteiger partial charge in [-0.25, -0.2) is 0 Å². The van der Waals surface area contributed by atoms with E-state index in [1.54, 1.807) is 0 Å². The Morgan fingerprint density at radius 2 is 1.55 bits per heavy atom. The molecule has 5 nitrogen and oxygen atoms in total. The van der Waals surface area contributed by atoms with Gasteiger partial charge in [0.25, 0.3) is 5.97 Å². The van der Waals surface area contributed by atoms with Crippen LogP contribution in [0.2, 0.25) is 0 Å². The first-order valence-corrected chi connectivity index (χ1v) is 11.7. The molecule has 1 aliphatic carbocycles. The third-order valence-corrected chi connectivity index (χ3v) is 7.56. The van der Waals surface area contributed by atoms with Crippen molar-refractivity contribution in [1.82, 2.24) is 9.88 Å². The minimum Gasteiger partial charge on any atom is -0.357 e. The molecule has 1 atom stereocenters. The van der Waals surface area contributed by atoms with Crippen LogP contribution >= 0.6 is 0 Å². The number of para-hydroxylation sites is 1. The van der Waals surface area contributed by atoms with Crippen molar-refractivity contribution in [1.29, 1.82) is 0 Å². The summed E-state index contributed by atoms with van der Waals surface area (Å²) in [6, 6.07) is 19.6. The molecular formula is C26H28N2O3. The lowest BCUT2D eigenvalue weighted by atomic mass is 9.87. The summed E-state index contributed by atoms with van der Waals surface area (Å²) >= 11 is 0. The molecule has 4 aliphatic heterocycles. The number of hydrogen-bond donors (Lipinski definition) is 1. The van der Waals surface area contributed by atoms with E-state index >= 15 is 0 Å². The van der Waals surface area contributed by atoms with E-state index in [9.17, 15) is 0 Å². The maximum Gasteiger partial charge on any atom is 0.285 e. The summed E-state index contributed by atoms with van der Waals surface area (Å²) in [4.78, 5) is 6.33. The molecule has 1 unspecified atom stereocenters. The predicted molar refractivity (Wildman–Crippen MR) is 117 cm³/mol. The maximum atomic E-state index is 6.42. The van der Waals surface area contributed by atoms with Crippen LogP contribution < -0.4 is 0 Å². The zero-order valence-corrected chi connectivity index (χ0v) is 17.6. The second-order valence-corrected chi connectivity index (χ2v) is 9.60. The van der Waals surface area contributed by atoms with E-state index in [2.05, 4.69) is 64.5 Å². The van der Waals surface area contributed by atoms with E-state index in [0.717, 1.165) is 38.8 Å². The van der Waals surface area contributed by atoms with E-state index in [4.69, 9.17) is 14.2 Å². The topological polar surface area (TPSA) is 46.7 Å². The average molecular weight is 417 g/mol. The normalized spacial score (nSPS) is 34.3. The van der Waals surface area contributed by atoms with Crippen LogP contribution in [-0.2, 0) is 27.2 Å². The number of hydrogen-bond acceptors (Lipinski definition) is 4. The van der Waals surface area contributed by atoms with Gasteiger partial charge in [0.05, 0.1) is 30.8 Å². The largest absolute Gasteiger partial charge is 0.357 e. The standard InChI is InChI=1S/C26H28N2O3/c1-2-6-17(7-3-1)16-28-11-10-22-21-8-4-5-9-23(21)27-25(22)24(28)15-26-29-18-12-19(30-26)14-20(13-18)31-26/h1-9,18-20,24,27H,10-16H2. The van der Waals surface area contributed by atoms with Crippen molar-refractivity contribution >= 4 is 10.9 Å². The van der Waals surface area contributed by atoms with Gasteiger partial charge in [0, 0.05) is 48.9 Å². The van der Waals surface area contributed by atoms with Crippen LogP contribution in [0.15, 0.2) is 54.6 Å². The second kappa shape index (κ2) is 6.91. The van der Waals surface area contributed by atoms with E-state index < -0.39 is 5.97 Å². The molecule has 0 radical (unpaired) electrons. The number of nitrogens with zero attached hydrogens (tertiary/aromatic N) is 1. The van der Waals surface area contributed by atoms with Crippen LogP contribution in [0.1, 0.15) is 48.5 Å². The quantitative estimate of drug-likeness (QED) is 0.671. The number of aromatic amines is 1. The van der Waals surface area contributed by atoms with Gasteiger partial charge in [-0.2, -0.15) is 0 Å². The molecule has 5 heterocycles.